The van der Waals surface area contributed by atoms with Crippen molar-refractivity contribution < 1.29 is 24.0 Å². The molecule has 1 aliphatic rings. The van der Waals surface area contributed by atoms with E-state index in [-0.39, 0.29) is 27.7 Å². The number of nitro benzene ring substituents is 1. The van der Waals surface area contributed by atoms with Gasteiger partial charge in [-0.05, 0) is 60.8 Å². The highest BCUT2D eigenvalue weighted by Gasteiger charge is 2.34. The van der Waals surface area contributed by atoms with E-state index in [2.05, 4.69) is 5.32 Å². The zero-order valence-corrected chi connectivity index (χ0v) is 18.6. The predicted molar refractivity (Wildman–Crippen MR) is 129 cm³/mol. The summed E-state index contributed by atoms with van der Waals surface area (Å²) < 4.78 is 11.0. The van der Waals surface area contributed by atoms with Crippen molar-refractivity contribution in [3.8, 4) is 17.2 Å². The first kappa shape index (κ1) is 22.6. The van der Waals surface area contributed by atoms with Gasteiger partial charge in [-0.3, -0.25) is 29.9 Å². The van der Waals surface area contributed by atoms with E-state index in [1.807, 2.05) is 30.3 Å². The highest BCUT2D eigenvalue weighted by molar-refractivity contribution is 7.80. The molecule has 0 aliphatic carbocycles. The molecule has 1 heterocycles. The number of para-hydroxylation sites is 1. The summed E-state index contributed by atoms with van der Waals surface area (Å²) in [5, 5.41) is 13.6. The third-order valence-corrected chi connectivity index (χ3v) is 5.18. The number of hydrogen-bond donors (Lipinski definition) is 1. The number of rotatable bonds is 6. The number of nitrogens with one attached hydrogen (secondary N) is 1. The SMILES string of the molecule is COc1ccc([N+](=O)[O-])cc1C=C1C(=O)NC(=S)N(c2ccc(Oc3ccccc3)cc2)C1=O. The molecule has 0 atom stereocenters. The summed E-state index contributed by atoms with van der Waals surface area (Å²) in [6.45, 7) is 0. The number of hydrogen-bond acceptors (Lipinski definition) is 7. The van der Waals surface area contributed by atoms with Crippen LogP contribution < -0.4 is 19.7 Å². The fourth-order valence-electron chi connectivity index (χ4n) is 3.28. The molecule has 4 rings (SSSR count). The second kappa shape index (κ2) is 9.51. The monoisotopic (exact) mass is 475 g/mol. The summed E-state index contributed by atoms with van der Waals surface area (Å²) >= 11 is 5.22. The van der Waals surface area contributed by atoms with Gasteiger partial charge in [0.25, 0.3) is 17.5 Å². The van der Waals surface area contributed by atoms with Crippen LogP contribution in [0.2, 0.25) is 0 Å². The van der Waals surface area contributed by atoms with Crippen molar-refractivity contribution in [2.24, 2.45) is 0 Å². The Hall–Kier alpha value is -4.57. The van der Waals surface area contributed by atoms with E-state index < -0.39 is 16.7 Å². The molecule has 0 spiro atoms. The van der Waals surface area contributed by atoms with E-state index in [1.54, 1.807) is 24.3 Å². The third kappa shape index (κ3) is 4.62. The average molecular weight is 475 g/mol. The number of ether oxygens (including phenoxy) is 2. The average Bonchev–Trinajstić information content (AvgIpc) is 2.83. The molecule has 34 heavy (non-hydrogen) atoms. The maximum Gasteiger partial charge on any atom is 0.270 e. The van der Waals surface area contributed by atoms with Crippen molar-refractivity contribution in [2.45, 2.75) is 0 Å². The Bertz CT molecular complexity index is 1320. The van der Waals surface area contributed by atoms with Crippen molar-refractivity contribution in [2.75, 3.05) is 12.0 Å². The van der Waals surface area contributed by atoms with Crippen LogP contribution in [0.5, 0.6) is 17.2 Å². The van der Waals surface area contributed by atoms with Gasteiger partial charge in [-0.2, -0.15) is 0 Å². The molecule has 3 aromatic carbocycles. The summed E-state index contributed by atoms with van der Waals surface area (Å²) in [5.41, 5.74) is 0.150. The number of nitro groups is 1. The quantitative estimate of drug-likeness (QED) is 0.187. The molecule has 170 valence electrons. The van der Waals surface area contributed by atoms with Gasteiger partial charge in [0.05, 0.1) is 17.7 Å². The fourth-order valence-corrected chi connectivity index (χ4v) is 3.56. The van der Waals surface area contributed by atoms with E-state index in [4.69, 9.17) is 21.7 Å². The molecule has 0 saturated carbocycles. The van der Waals surface area contributed by atoms with Gasteiger partial charge >= 0.3 is 0 Å². The first-order chi connectivity index (χ1) is 16.4. The summed E-state index contributed by atoms with van der Waals surface area (Å²) in [4.78, 5) is 37.6. The number of methoxy groups -OCH3 is 1. The molecular weight excluding hydrogens is 458 g/mol. The summed E-state index contributed by atoms with van der Waals surface area (Å²) in [7, 11) is 1.38. The molecule has 1 fully saturated rings. The summed E-state index contributed by atoms with van der Waals surface area (Å²) in [6.07, 6.45) is 1.24. The van der Waals surface area contributed by atoms with Gasteiger partial charge in [-0.1, -0.05) is 18.2 Å². The smallest absolute Gasteiger partial charge is 0.270 e. The minimum Gasteiger partial charge on any atom is -0.496 e. The van der Waals surface area contributed by atoms with Crippen LogP contribution in [0.1, 0.15) is 5.56 Å². The maximum absolute atomic E-state index is 13.2. The van der Waals surface area contributed by atoms with E-state index in [1.165, 1.54) is 36.3 Å². The molecule has 0 radical (unpaired) electrons. The lowest BCUT2D eigenvalue weighted by molar-refractivity contribution is -0.384. The molecule has 3 aromatic rings. The number of carbonyl (C=O) groups excluding carboxylic acids is 2. The largest absolute Gasteiger partial charge is 0.496 e. The van der Waals surface area contributed by atoms with Gasteiger partial charge in [-0.25, -0.2) is 0 Å². The second-order valence-electron chi connectivity index (χ2n) is 7.05. The molecule has 10 heteroatoms. The summed E-state index contributed by atoms with van der Waals surface area (Å²) in [6, 6.07) is 19.7. The van der Waals surface area contributed by atoms with Crippen molar-refractivity contribution in [1.29, 1.82) is 0 Å². The predicted octanol–water partition coefficient (Wildman–Crippen LogP) is 4.23. The number of non-ortho nitro benzene ring substituents is 1. The van der Waals surface area contributed by atoms with Crippen LogP contribution in [-0.4, -0.2) is 29.0 Å². The van der Waals surface area contributed by atoms with E-state index in [0.717, 1.165) is 0 Å². The number of anilines is 1. The minimum absolute atomic E-state index is 0.0881. The molecule has 0 aromatic heterocycles. The molecule has 9 nitrogen and oxygen atoms in total. The Balaban J connectivity index is 1.65. The Morgan fingerprint density at radius 1 is 1.00 bits per heavy atom. The highest BCUT2D eigenvalue weighted by Crippen LogP contribution is 2.30. The lowest BCUT2D eigenvalue weighted by atomic mass is 10.1. The Morgan fingerprint density at radius 2 is 1.68 bits per heavy atom. The zero-order chi connectivity index (χ0) is 24.2. The van der Waals surface area contributed by atoms with Crippen LogP contribution in [0.25, 0.3) is 6.08 Å². The van der Waals surface area contributed by atoms with Crippen molar-refractivity contribution in [3.05, 3.63) is 94.0 Å². The minimum atomic E-state index is -0.719. The lowest BCUT2D eigenvalue weighted by Gasteiger charge is -2.29. The third-order valence-electron chi connectivity index (χ3n) is 4.90. The van der Waals surface area contributed by atoms with Gasteiger partial charge in [0.1, 0.15) is 22.8 Å². The first-order valence-electron chi connectivity index (χ1n) is 9.94. The highest BCUT2D eigenvalue weighted by atomic mass is 32.1. The molecule has 1 N–H and O–H groups in total. The van der Waals surface area contributed by atoms with Gasteiger partial charge in [0, 0.05) is 17.7 Å². The number of amides is 2. The van der Waals surface area contributed by atoms with Crippen LogP contribution in [0.3, 0.4) is 0 Å². The van der Waals surface area contributed by atoms with Crippen LogP contribution in [0.15, 0.2) is 78.4 Å². The molecule has 1 saturated heterocycles. The number of carbonyl (C=O) groups is 2. The standard InChI is InChI=1S/C24H17N3O6S/c1-32-21-12-9-17(27(30)31)13-15(21)14-20-22(28)25-24(34)26(23(20)29)16-7-10-19(11-8-16)33-18-5-3-2-4-6-18/h2-14H,1H3,(H,25,28,34). The van der Waals surface area contributed by atoms with E-state index in [9.17, 15) is 19.7 Å². The van der Waals surface area contributed by atoms with Crippen LogP contribution in [0, 0.1) is 10.1 Å². The van der Waals surface area contributed by atoms with Crippen LogP contribution >= 0.6 is 12.2 Å². The zero-order valence-electron chi connectivity index (χ0n) is 17.8. The van der Waals surface area contributed by atoms with Crippen molar-refractivity contribution in [3.63, 3.8) is 0 Å². The second-order valence-corrected chi connectivity index (χ2v) is 7.44. The van der Waals surface area contributed by atoms with Gasteiger partial charge in [-0.15, -0.1) is 0 Å². The lowest BCUT2D eigenvalue weighted by Crippen LogP contribution is -2.54. The Kier molecular flexibility index (Phi) is 6.33. The fraction of sp³-hybridized carbons (Fsp3) is 0.0417. The first-order valence-corrected chi connectivity index (χ1v) is 10.3. The number of nitrogens with zero attached hydrogens (tertiary/aromatic N) is 2. The Morgan fingerprint density at radius 3 is 2.32 bits per heavy atom. The van der Waals surface area contributed by atoms with E-state index in [0.29, 0.717) is 17.2 Å². The Labute approximate surface area is 199 Å². The topological polar surface area (TPSA) is 111 Å². The molecule has 1 aliphatic heterocycles. The van der Waals surface area contributed by atoms with Crippen molar-refractivity contribution in [1.82, 2.24) is 5.32 Å². The van der Waals surface area contributed by atoms with Gasteiger partial charge in [0.15, 0.2) is 5.11 Å². The normalized spacial score (nSPS) is 14.7. The molecule has 0 unspecified atom stereocenters. The van der Waals surface area contributed by atoms with Crippen LogP contribution in [0.4, 0.5) is 11.4 Å². The van der Waals surface area contributed by atoms with E-state index >= 15 is 0 Å². The van der Waals surface area contributed by atoms with Gasteiger partial charge in [0.2, 0.25) is 0 Å². The molecular formula is C24H17N3O6S. The number of thiocarbonyl (C=S) groups is 1. The van der Waals surface area contributed by atoms with Crippen molar-refractivity contribution >= 4 is 46.6 Å². The maximum atomic E-state index is 13.2. The molecule has 0 bridgehead atoms. The van der Waals surface area contributed by atoms with Crippen LogP contribution in [-0.2, 0) is 9.59 Å². The summed E-state index contributed by atoms with van der Waals surface area (Å²) in [5.74, 6) is 0.0679. The number of benzene rings is 3. The van der Waals surface area contributed by atoms with Gasteiger partial charge < -0.3 is 9.47 Å². The molecule has 2 amide bonds.